The minimum absolute atomic E-state index is 0.0233. The Kier molecular flexibility index (Phi) is 9.46. The molecule has 5 aromatic rings. The molecule has 0 aliphatic carbocycles. The van der Waals surface area contributed by atoms with Gasteiger partial charge in [0.15, 0.2) is 11.6 Å². The van der Waals surface area contributed by atoms with Crippen molar-refractivity contribution in [3.63, 3.8) is 0 Å². The van der Waals surface area contributed by atoms with E-state index in [1.165, 1.54) is 47.9 Å². The number of rotatable bonds is 7. The normalized spacial score (nSPS) is 10.6. The van der Waals surface area contributed by atoms with Gasteiger partial charge in [0, 0.05) is 35.1 Å². The van der Waals surface area contributed by atoms with Crippen LogP contribution in [0.25, 0.3) is 5.69 Å². The van der Waals surface area contributed by atoms with Gasteiger partial charge in [0.2, 0.25) is 0 Å². The van der Waals surface area contributed by atoms with Crippen LogP contribution in [-0.4, -0.2) is 25.0 Å². The Balaban J connectivity index is 0.00000207. The Labute approximate surface area is 249 Å². The van der Waals surface area contributed by atoms with Gasteiger partial charge >= 0.3 is 5.69 Å². The fourth-order valence-corrected chi connectivity index (χ4v) is 4.57. The molecule has 0 aliphatic rings. The van der Waals surface area contributed by atoms with Crippen molar-refractivity contribution in [1.29, 1.82) is 0 Å². The fourth-order valence-electron chi connectivity index (χ4n) is 3.97. The smallest absolute Gasteiger partial charge is 0.336 e. The first-order valence-corrected chi connectivity index (χ1v) is 14.0. The van der Waals surface area contributed by atoms with Gasteiger partial charge in [-0.2, -0.15) is 0 Å². The summed E-state index contributed by atoms with van der Waals surface area (Å²) >= 11 is 1.38. The number of hydrogen-bond donors (Lipinski definition) is 2. The van der Waals surface area contributed by atoms with Gasteiger partial charge < -0.3 is 15.8 Å². The van der Waals surface area contributed by atoms with Crippen LogP contribution < -0.4 is 27.0 Å². The summed E-state index contributed by atoms with van der Waals surface area (Å²) in [6.45, 7) is 7.46. The summed E-state index contributed by atoms with van der Waals surface area (Å²) in [7, 11) is 0. The van der Waals surface area contributed by atoms with Crippen LogP contribution in [-0.2, 0) is 6.54 Å². The quantitative estimate of drug-likeness (QED) is 0.252. The average Bonchev–Trinajstić information content (AvgIpc) is 3.40. The first-order chi connectivity index (χ1) is 20.6. The Morgan fingerprint density at radius 2 is 1.77 bits per heavy atom. The van der Waals surface area contributed by atoms with Gasteiger partial charge in [-0.1, -0.05) is 13.8 Å². The number of nitrogens with zero attached hydrogens (tertiary/aromatic N) is 4. The molecule has 222 valence electrons. The molecule has 3 heterocycles. The molecular weight excluding hydrogens is 578 g/mol. The maximum atomic E-state index is 14.9. The molecule has 3 N–H and O–H groups in total. The lowest BCUT2D eigenvalue weighted by molar-refractivity contribution is 0.102. The van der Waals surface area contributed by atoms with E-state index < -0.39 is 34.4 Å². The molecular formula is C30H28F2N6O4S. The van der Waals surface area contributed by atoms with E-state index >= 15 is 0 Å². The monoisotopic (exact) mass is 606 g/mol. The van der Waals surface area contributed by atoms with Crippen molar-refractivity contribution in [3.8, 4) is 17.2 Å². The summed E-state index contributed by atoms with van der Waals surface area (Å²) in [6.07, 6.45) is 2.55. The van der Waals surface area contributed by atoms with Crippen molar-refractivity contribution in [2.24, 2.45) is 0 Å². The van der Waals surface area contributed by atoms with E-state index in [1.54, 1.807) is 19.2 Å². The largest absolute Gasteiger partial charge is 0.454 e. The lowest BCUT2D eigenvalue weighted by Crippen LogP contribution is -2.42. The molecule has 10 nitrogen and oxygen atoms in total. The number of ether oxygens (including phenoxy) is 1. The number of nitrogens with two attached hydrogens (primary N) is 1. The topological polar surface area (TPSA) is 134 Å². The molecule has 0 saturated heterocycles. The van der Waals surface area contributed by atoms with Crippen molar-refractivity contribution >= 4 is 28.7 Å². The number of carbonyl (C=O) groups is 1. The summed E-state index contributed by atoms with van der Waals surface area (Å²) in [5.74, 6) is -1.81. The second-order valence-electron chi connectivity index (χ2n) is 8.95. The molecule has 0 bridgehead atoms. The molecule has 0 unspecified atom stereocenters. The third-order valence-electron chi connectivity index (χ3n) is 6.09. The van der Waals surface area contributed by atoms with E-state index in [9.17, 15) is 23.2 Å². The van der Waals surface area contributed by atoms with E-state index in [0.29, 0.717) is 17.0 Å². The van der Waals surface area contributed by atoms with Crippen LogP contribution in [0.5, 0.6) is 11.5 Å². The van der Waals surface area contributed by atoms with Crippen LogP contribution >= 0.6 is 11.3 Å². The molecule has 0 spiro atoms. The van der Waals surface area contributed by atoms with E-state index in [1.807, 2.05) is 13.8 Å². The van der Waals surface area contributed by atoms with Crippen molar-refractivity contribution in [2.45, 2.75) is 34.2 Å². The van der Waals surface area contributed by atoms with E-state index in [0.717, 1.165) is 38.5 Å². The first-order valence-electron chi connectivity index (χ1n) is 13.1. The molecule has 5 rings (SSSR count). The molecule has 0 radical (unpaired) electrons. The second-order valence-corrected chi connectivity index (χ2v) is 10.0. The van der Waals surface area contributed by atoms with Gasteiger partial charge in [0.1, 0.15) is 22.9 Å². The highest BCUT2D eigenvalue weighted by atomic mass is 32.1. The molecule has 0 saturated carbocycles. The van der Waals surface area contributed by atoms with Crippen molar-refractivity contribution in [3.05, 3.63) is 121 Å². The Hall–Kier alpha value is -5.17. The van der Waals surface area contributed by atoms with Crippen molar-refractivity contribution in [2.75, 3.05) is 11.1 Å². The fraction of sp³-hybridized carbons (Fsp3) is 0.167. The molecule has 43 heavy (non-hydrogen) atoms. The maximum absolute atomic E-state index is 14.9. The number of nitrogen functional groups attached to an aromatic ring is 1. The number of benzene rings is 2. The predicted octanol–water partition coefficient (Wildman–Crippen LogP) is 5.45. The zero-order valence-electron chi connectivity index (χ0n) is 23.7. The highest BCUT2D eigenvalue weighted by Gasteiger charge is 2.20. The number of halogens is 2. The highest BCUT2D eigenvalue weighted by molar-refractivity contribution is 7.09. The van der Waals surface area contributed by atoms with Crippen LogP contribution in [0.1, 0.15) is 40.5 Å². The number of carbonyl (C=O) groups excluding carboxylic acids is 1. The van der Waals surface area contributed by atoms with Crippen molar-refractivity contribution < 1.29 is 18.3 Å². The molecule has 1 amide bonds. The zero-order chi connectivity index (χ0) is 31.3. The van der Waals surface area contributed by atoms with Gasteiger partial charge in [0.25, 0.3) is 11.5 Å². The van der Waals surface area contributed by atoms with Gasteiger partial charge in [0.05, 0.1) is 22.9 Å². The lowest BCUT2D eigenvalue weighted by Gasteiger charge is -2.14. The summed E-state index contributed by atoms with van der Waals surface area (Å²) in [5.41, 5.74) is 4.88. The lowest BCUT2D eigenvalue weighted by atomic mass is 10.2. The van der Waals surface area contributed by atoms with Gasteiger partial charge in [-0.05, 0) is 56.3 Å². The zero-order valence-corrected chi connectivity index (χ0v) is 24.5. The Morgan fingerprint density at radius 3 is 2.42 bits per heavy atom. The van der Waals surface area contributed by atoms with Gasteiger partial charge in [-0.3, -0.25) is 14.2 Å². The van der Waals surface area contributed by atoms with E-state index in [4.69, 9.17) is 10.5 Å². The third kappa shape index (κ3) is 6.84. The standard InChI is InChI=1S/C28H22F2N6O4S.C2H6/c1-15-23(9-10-32-25(15)31)40-24-8-5-18(11-22(24)30)34-26(37)21-13-35(12-19-14-41-16(2)33-19)28(39)36(27(21)38)20-6-3-17(29)4-7-20;1-2/h3-11,13-14H,12H2,1-2H3,(H2,31,32)(H,34,37);1-2H3. The Bertz CT molecular complexity index is 1900. The SMILES string of the molecule is CC.Cc1nc(Cn2cc(C(=O)Nc3ccc(Oc4ccnc(N)c4C)c(F)c3)c(=O)n(-c3ccc(F)cc3)c2=O)cs1. The number of amides is 1. The number of hydrogen-bond acceptors (Lipinski definition) is 8. The molecule has 0 atom stereocenters. The number of anilines is 2. The van der Waals surface area contributed by atoms with E-state index in [2.05, 4.69) is 15.3 Å². The second kappa shape index (κ2) is 13.2. The summed E-state index contributed by atoms with van der Waals surface area (Å²) in [4.78, 5) is 48.2. The van der Waals surface area contributed by atoms with Crippen LogP contribution in [0.4, 0.5) is 20.3 Å². The van der Waals surface area contributed by atoms with Crippen LogP contribution in [0.2, 0.25) is 0 Å². The van der Waals surface area contributed by atoms with E-state index in [-0.39, 0.29) is 29.5 Å². The van der Waals surface area contributed by atoms with Gasteiger partial charge in [-0.25, -0.2) is 28.1 Å². The molecule has 2 aromatic carbocycles. The molecule has 0 fully saturated rings. The highest BCUT2D eigenvalue weighted by Crippen LogP contribution is 2.30. The summed E-state index contributed by atoms with van der Waals surface area (Å²) in [5, 5.41) is 5.01. The number of pyridine rings is 1. The molecule has 13 heteroatoms. The van der Waals surface area contributed by atoms with Crippen molar-refractivity contribution in [1.82, 2.24) is 19.1 Å². The number of nitrogens with one attached hydrogen (secondary N) is 1. The number of aromatic nitrogens is 4. The number of aryl methyl sites for hydroxylation is 1. The predicted molar refractivity (Wildman–Crippen MR) is 161 cm³/mol. The number of thiazole rings is 1. The van der Waals surface area contributed by atoms with Crippen LogP contribution in [0.15, 0.2) is 75.9 Å². The average molecular weight is 607 g/mol. The maximum Gasteiger partial charge on any atom is 0.336 e. The minimum atomic E-state index is -0.934. The molecule has 3 aromatic heterocycles. The first kappa shape index (κ1) is 30.8. The van der Waals surface area contributed by atoms with Crippen LogP contribution in [0, 0.1) is 25.5 Å². The molecule has 0 aliphatic heterocycles. The summed E-state index contributed by atoms with van der Waals surface area (Å²) in [6, 6.07) is 9.96. The van der Waals surface area contributed by atoms with Crippen LogP contribution in [0.3, 0.4) is 0 Å². The minimum Gasteiger partial charge on any atom is -0.454 e. The summed E-state index contributed by atoms with van der Waals surface area (Å²) < 4.78 is 36.0. The third-order valence-corrected chi connectivity index (χ3v) is 6.91. The Morgan fingerprint density at radius 1 is 1.05 bits per heavy atom. The van der Waals surface area contributed by atoms with Gasteiger partial charge in [-0.15, -0.1) is 11.3 Å².